The maximum absolute atomic E-state index is 10.6. The molecule has 0 saturated carbocycles. The van der Waals surface area contributed by atoms with Crippen molar-refractivity contribution in [2.45, 2.75) is 43.6 Å². The molecule has 2 aliphatic rings. The molecule has 5 unspecified atom stereocenters. The summed E-state index contributed by atoms with van der Waals surface area (Å²) >= 11 is 0. The molecule has 5 atom stereocenters. The van der Waals surface area contributed by atoms with Crippen LogP contribution in [0.3, 0.4) is 0 Å². The Morgan fingerprint density at radius 3 is 2.81 bits per heavy atom. The van der Waals surface area contributed by atoms with Gasteiger partial charge in [0.2, 0.25) is 0 Å². The Kier molecular flexibility index (Phi) is 5.79. The Labute approximate surface area is 178 Å². The van der Waals surface area contributed by atoms with E-state index in [-0.39, 0.29) is 12.6 Å². The molecule has 0 spiro atoms. The van der Waals surface area contributed by atoms with E-state index in [1.165, 1.54) is 6.33 Å². The molecule has 2 saturated heterocycles. The zero-order chi connectivity index (χ0) is 21.2. The summed E-state index contributed by atoms with van der Waals surface area (Å²) in [5.74, 6) is 0.607. The van der Waals surface area contributed by atoms with Gasteiger partial charge >= 0.3 is 0 Å². The van der Waals surface area contributed by atoms with Gasteiger partial charge in [-0.1, -0.05) is 30.3 Å². The van der Waals surface area contributed by atoms with Gasteiger partial charge in [0.1, 0.15) is 24.6 Å². The first-order chi connectivity index (χ1) is 15.2. The minimum absolute atomic E-state index is 0.153. The Balaban J connectivity index is 1.29. The zero-order valence-corrected chi connectivity index (χ0v) is 16.9. The van der Waals surface area contributed by atoms with E-state index in [4.69, 9.17) is 14.2 Å². The highest BCUT2D eigenvalue weighted by Gasteiger charge is 2.44. The van der Waals surface area contributed by atoms with E-state index in [0.29, 0.717) is 36.8 Å². The average Bonchev–Trinajstić information content (AvgIpc) is 3.51. The maximum atomic E-state index is 10.6. The number of imidazole rings is 1. The van der Waals surface area contributed by atoms with Crippen LogP contribution in [0.4, 0.5) is 5.82 Å². The lowest BCUT2D eigenvalue weighted by atomic mass is 10.1. The first-order valence-electron chi connectivity index (χ1n) is 10.4. The zero-order valence-electron chi connectivity index (χ0n) is 16.9. The van der Waals surface area contributed by atoms with E-state index >= 15 is 0 Å². The molecule has 10 heteroatoms. The number of nitrogens with one attached hydrogen (secondary N) is 1. The number of rotatable bonds is 7. The second-order valence-corrected chi connectivity index (χ2v) is 7.80. The average molecular weight is 427 g/mol. The molecule has 3 N–H and O–H groups in total. The van der Waals surface area contributed by atoms with Crippen LogP contribution in [-0.4, -0.2) is 73.9 Å². The topological polar surface area (TPSA) is 124 Å². The Morgan fingerprint density at radius 1 is 1.13 bits per heavy atom. The van der Waals surface area contributed by atoms with Crippen molar-refractivity contribution < 1.29 is 24.4 Å². The van der Waals surface area contributed by atoms with E-state index in [9.17, 15) is 10.2 Å². The third-order valence-corrected chi connectivity index (χ3v) is 5.63. The van der Waals surface area contributed by atoms with Crippen LogP contribution in [0.15, 0.2) is 43.0 Å². The number of benzene rings is 1. The first-order valence-corrected chi connectivity index (χ1v) is 10.4. The summed E-state index contributed by atoms with van der Waals surface area (Å²) in [6, 6.07) is 9.91. The number of anilines is 1. The second-order valence-electron chi connectivity index (χ2n) is 7.80. The van der Waals surface area contributed by atoms with Gasteiger partial charge in [0.25, 0.3) is 0 Å². The summed E-state index contributed by atoms with van der Waals surface area (Å²) in [6.07, 6.45) is 0.151. The summed E-state index contributed by atoms with van der Waals surface area (Å²) in [6.45, 7) is 1.89. The van der Waals surface area contributed by atoms with Gasteiger partial charge in [0.05, 0.1) is 32.2 Å². The van der Waals surface area contributed by atoms with Crippen molar-refractivity contribution in [2.24, 2.45) is 0 Å². The number of aliphatic hydroxyl groups is 2. The Morgan fingerprint density at radius 2 is 2.00 bits per heavy atom. The number of hydrogen-bond acceptors (Lipinski definition) is 9. The molecule has 1 aromatic carbocycles. The van der Waals surface area contributed by atoms with E-state index in [2.05, 4.69) is 20.3 Å². The van der Waals surface area contributed by atoms with E-state index < -0.39 is 24.5 Å². The lowest BCUT2D eigenvalue weighted by molar-refractivity contribution is -0.0682. The van der Waals surface area contributed by atoms with Gasteiger partial charge in [-0.15, -0.1) is 0 Å². The summed E-state index contributed by atoms with van der Waals surface area (Å²) < 4.78 is 18.7. The van der Waals surface area contributed by atoms with Gasteiger partial charge in [0, 0.05) is 6.61 Å². The predicted molar refractivity (Wildman–Crippen MR) is 110 cm³/mol. The molecule has 0 aliphatic carbocycles. The molecule has 4 heterocycles. The van der Waals surface area contributed by atoms with Crippen LogP contribution in [-0.2, 0) is 20.8 Å². The molecule has 5 rings (SSSR count). The minimum Gasteiger partial charge on any atom is -0.387 e. The summed E-state index contributed by atoms with van der Waals surface area (Å²) in [7, 11) is 0. The number of nitrogens with zero attached hydrogens (tertiary/aromatic N) is 4. The van der Waals surface area contributed by atoms with Crippen molar-refractivity contribution in [1.29, 1.82) is 0 Å². The number of ether oxygens (including phenoxy) is 3. The molecule has 0 radical (unpaired) electrons. The standard InChI is InChI=1S/C21H25N5O5/c27-17-15(10-30-8-13-4-2-1-3-5-13)31-21(18(17)28)26-12-24-16-19(22-11-23-20(16)26)25-14-6-7-29-9-14/h1-5,11-12,14-15,17-18,21,27-28H,6-10H2,(H,22,23,25). The number of aromatic nitrogens is 4. The molecule has 31 heavy (non-hydrogen) atoms. The monoisotopic (exact) mass is 427 g/mol. The SMILES string of the molecule is OC1C(COCc2ccccc2)OC(n2cnc3c(NC4CCOC4)ncnc32)C1O. The van der Waals surface area contributed by atoms with Crippen LogP contribution in [0.25, 0.3) is 11.2 Å². The van der Waals surface area contributed by atoms with Crippen molar-refractivity contribution in [1.82, 2.24) is 19.5 Å². The lowest BCUT2D eigenvalue weighted by Gasteiger charge is -2.17. The quantitative estimate of drug-likeness (QED) is 0.504. The molecular weight excluding hydrogens is 402 g/mol. The molecule has 0 bridgehead atoms. The van der Waals surface area contributed by atoms with Crippen molar-refractivity contribution in [3.8, 4) is 0 Å². The van der Waals surface area contributed by atoms with Gasteiger partial charge in [-0.2, -0.15) is 0 Å². The fraction of sp³-hybridized carbons (Fsp3) is 0.476. The van der Waals surface area contributed by atoms with Gasteiger partial charge in [-0.3, -0.25) is 4.57 Å². The van der Waals surface area contributed by atoms with Crippen LogP contribution in [0.2, 0.25) is 0 Å². The first kappa shape index (κ1) is 20.3. The molecule has 164 valence electrons. The van der Waals surface area contributed by atoms with Crippen molar-refractivity contribution >= 4 is 17.0 Å². The second kappa shape index (κ2) is 8.85. The van der Waals surface area contributed by atoms with Crippen molar-refractivity contribution in [3.63, 3.8) is 0 Å². The molecule has 2 aromatic heterocycles. The number of aliphatic hydroxyl groups excluding tert-OH is 2. The highest BCUT2D eigenvalue weighted by molar-refractivity contribution is 5.82. The number of fused-ring (bicyclic) bond motifs is 1. The van der Waals surface area contributed by atoms with Crippen LogP contribution in [0, 0.1) is 0 Å². The normalized spacial score (nSPS) is 28.4. The van der Waals surface area contributed by atoms with E-state index in [1.807, 2.05) is 30.3 Å². The molecule has 2 fully saturated rings. The van der Waals surface area contributed by atoms with Gasteiger partial charge in [-0.05, 0) is 12.0 Å². The molecule has 3 aromatic rings. The highest BCUT2D eigenvalue weighted by atomic mass is 16.6. The Hall–Kier alpha value is -2.63. The summed E-state index contributed by atoms with van der Waals surface area (Å²) in [5, 5.41) is 24.4. The Bertz CT molecular complexity index is 1010. The van der Waals surface area contributed by atoms with Crippen LogP contribution >= 0.6 is 0 Å². The minimum atomic E-state index is -1.14. The van der Waals surface area contributed by atoms with Crippen LogP contribution in [0.5, 0.6) is 0 Å². The summed E-state index contributed by atoms with van der Waals surface area (Å²) in [4.78, 5) is 13.0. The molecule has 10 nitrogen and oxygen atoms in total. The fourth-order valence-corrected chi connectivity index (χ4v) is 3.95. The molecular formula is C21H25N5O5. The van der Waals surface area contributed by atoms with Gasteiger partial charge < -0.3 is 29.7 Å². The predicted octanol–water partition coefficient (Wildman–Crippen LogP) is 0.863. The van der Waals surface area contributed by atoms with Gasteiger partial charge in [-0.25, -0.2) is 15.0 Å². The van der Waals surface area contributed by atoms with Crippen molar-refractivity contribution in [2.75, 3.05) is 25.1 Å². The van der Waals surface area contributed by atoms with E-state index in [0.717, 1.165) is 12.0 Å². The van der Waals surface area contributed by atoms with Crippen LogP contribution in [0.1, 0.15) is 18.2 Å². The maximum Gasteiger partial charge on any atom is 0.167 e. The fourth-order valence-electron chi connectivity index (χ4n) is 3.95. The van der Waals surface area contributed by atoms with Crippen molar-refractivity contribution in [3.05, 3.63) is 48.5 Å². The van der Waals surface area contributed by atoms with E-state index in [1.54, 1.807) is 10.9 Å². The largest absolute Gasteiger partial charge is 0.387 e. The third kappa shape index (κ3) is 4.12. The number of hydrogen-bond donors (Lipinski definition) is 3. The van der Waals surface area contributed by atoms with Crippen LogP contribution < -0.4 is 5.32 Å². The molecule has 0 amide bonds. The molecule has 2 aliphatic heterocycles. The highest BCUT2D eigenvalue weighted by Crippen LogP contribution is 2.32. The lowest BCUT2D eigenvalue weighted by Crippen LogP contribution is -2.33. The summed E-state index contributed by atoms with van der Waals surface area (Å²) in [5.41, 5.74) is 2.11. The van der Waals surface area contributed by atoms with Gasteiger partial charge in [0.15, 0.2) is 23.2 Å². The smallest absolute Gasteiger partial charge is 0.167 e. The third-order valence-electron chi connectivity index (χ3n) is 5.63.